The Morgan fingerprint density at radius 2 is 2.14 bits per heavy atom. The molecule has 1 saturated heterocycles. The number of nitrogen functional groups attached to an aromatic ring is 1. The van der Waals surface area contributed by atoms with Crippen molar-refractivity contribution < 1.29 is 19.0 Å². The predicted octanol–water partition coefficient (Wildman–Crippen LogP) is 2.35. The van der Waals surface area contributed by atoms with Gasteiger partial charge in [0.2, 0.25) is 0 Å². The zero-order chi connectivity index (χ0) is 20.2. The molecule has 2 aliphatic rings. The molecule has 29 heavy (non-hydrogen) atoms. The number of fused-ring (bicyclic) bond motifs is 1. The largest absolute Gasteiger partial charge is 0.486 e. The van der Waals surface area contributed by atoms with Gasteiger partial charge in [0.25, 0.3) is 0 Å². The molecule has 0 radical (unpaired) electrons. The van der Waals surface area contributed by atoms with Crippen LogP contribution in [0.2, 0.25) is 0 Å². The van der Waals surface area contributed by atoms with Gasteiger partial charge in [-0.1, -0.05) is 0 Å². The van der Waals surface area contributed by atoms with E-state index in [1.54, 1.807) is 0 Å². The number of piperidine rings is 1. The first-order valence-corrected chi connectivity index (χ1v) is 9.84. The Morgan fingerprint density at radius 1 is 1.31 bits per heavy atom. The van der Waals surface area contributed by atoms with E-state index in [1.807, 2.05) is 30.0 Å². The summed E-state index contributed by atoms with van der Waals surface area (Å²) >= 11 is 0. The van der Waals surface area contributed by atoms with Crippen molar-refractivity contribution in [2.75, 3.05) is 48.9 Å². The molecular weight excluding hydrogens is 374 g/mol. The summed E-state index contributed by atoms with van der Waals surface area (Å²) in [4.78, 5) is 22.8. The van der Waals surface area contributed by atoms with Crippen LogP contribution in [0.4, 0.5) is 23.0 Å². The number of nitrogens with zero attached hydrogens (tertiary/aromatic N) is 3. The van der Waals surface area contributed by atoms with Crippen molar-refractivity contribution >= 4 is 29.0 Å². The molecule has 154 valence electrons. The molecule has 9 heteroatoms. The second kappa shape index (κ2) is 8.42. The molecule has 1 aromatic carbocycles. The first kappa shape index (κ1) is 19.1. The van der Waals surface area contributed by atoms with E-state index in [-0.39, 0.29) is 11.9 Å². The highest BCUT2D eigenvalue weighted by Crippen LogP contribution is 2.35. The molecule has 9 nitrogen and oxygen atoms in total. The molecular formula is C20H25N5O4. The molecule has 0 bridgehead atoms. The molecule has 3 heterocycles. The predicted molar refractivity (Wildman–Crippen MR) is 109 cm³/mol. The van der Waals surface area contributed by atoms with Crippen molar-refractivity contribution in [1.29, 1.82) is 0 Å². The standard InChI is InChI=1S/C20H25N5O4/c1-2-27-20(26)13-4-3-7-25(11-13)19-17(21)18(22-12-23-19)24-14-5-6-15-16(10-14)29-9-8-28-15/h5-6,10,12-13H,2-4,7-9,11,21H2,1H3,(H,22,23,24). The second-order valence-corrected chi connectivity index (χ2v) is 6.98. The zero-order valence-corrected chi connectivity index (χ0v) is 16.4. The van der Waals surface area contributed by atoms with Crippen LogP contribution < -0.4 is 25.4 Å². The number of carbonyl (C=O) groups excluding carboxylic acids is 1. The summed E-state index contributed by atoms with van der Waals surface area (Å²) in [6.07, 6.45) is 3.15. The maximum atomic E-state index is 12.1. The van der Waals surface area contributed by atoms with Crippen LogP contribution in [0.3, 0.4) is 0 Å². The quantitative estimate of drug-likeness (QED) is 0.732. The minimum Gasteiger partial charge on any atom is -0.486 e. The van der Waals surface area contributed by atoms with Crippen molar-refractivity contribution in [3.63, 3.8) is 0 Å². The Balaban J connectivity index is 1.52. The van der Waals surface area contributed by atoms with E-state index >= 15 is 0 Å². The highest BCUT2D eigenvalue weighted by molar-refractivity contribution is 5.80. The van der Waals surface area contributed by atoms with E-state index in [1.165, 1.54) is 6.33 Å². The topological polar surface area (TPSA) is 112 Å². The van der Waals surface area contributed by atoms with Crippen LogP contribution in [-0.4, -0.2) is 48.8 Å². The summed E-state index contributed by atoms with van der Waals surface area (Å²) in [7, 11) is 0. The molecule has 1 atom stereocenters. The van der Waals surface area contributed by atoms with Gasteiger partial charge in [-0.2, -0.15) is 0 Å². The fraction of sp³-hybridized carbons (Fsp3) is 0.450. The van der Waals surface area contributed by atoms with Gasteiger partial charge < -0.3 is 30.2 Å². The van der Waals surface area contributed by atoms with Crippen LogP contribution in [0, 0.1) is 5.92 Å². The number of nitrogens with two attached hydrogens (primary N) is 1. The Morgan fingerprint density at radius 3 is 2.97 bits per heavy atom. The number of anilines is 4. The third-order valence-electron chi connectivity index (χ3n) is 5.01. The van der Waals surface area contributed by atoms with Gasteiger partial charge in [-0.3, -0.25) is 4.79 Å². The molecule has 0 spiro atoms. The molecule has 0 aliphatic carbocycles. The van der Waals surface area contributed by atoms with Crippen LogP contribution >= 0.6 is 0 Å². The van der Waals surface area contributed by atoms with Gasteiger partial charge >= 0.3 is 5.97 Å². The molecule has 1 aromatic heterocycles. The third kappa shape index (κ3) is 4.13. The van der Waals surface area contributed by atoms with Gasteiger partial charge in [-0.15, -0.1) is 0 Å². The number of esters is 1. The Bertz CT molecular complexity index is 891. The molecule has 0 amide bonds. The SMILES string of the molecule is CCOC(=O)C1CCCN(c2ncnc(Nc3ccc4c(c3)OCCO4)c2N)C1. The number of hydrogen-bond acceptors (Lipinski definition) is 9. The minimum absolute atomic E-state index is 0.167. The fourth-order valence-corrected chi connectivity index (χ4v) is 3.62. The first-order chi connectivity index (χ1) is 14.2. The summed E-state index contributed by atoms with van der Waals surface area (Å²) in [6.45, 7) is 4.58. The average molecular weight is 399 g/mol. The minimum atomic E-state index is -0.174. The number of aromatic nitrogens is 2. The van der Waals surface area contributed by atoms with Gasteiger partial charge in [0.15, 0.2) is 23.1 Å². The third-order valence-corrected chi connectivity index (χ3v) is 5.01. The van der Waals surface area contributed by atoms with E-state index in [9.17, 15) is 4.79 Å². The first-order valence-electron chi connectivity index (χ1n) is 9.84. The Labute approximate surface area is 169 Å². The van der Waals surface area contributed by atoms with E-state index in [4.69, 9.17) is 19.9 Å². The number of carbonyl (C=O) groups is 1. The van der Waals surface area contributed by atoms with Crippen LogP contribution in [0.1, 0.15) is 19.8 Å². The lowest BCUT2D eigenvalue weighted by atomic mass is 9.98. The summed E-state index contributed by atoms with van der Waals surface area (Å²) < 4.78 is 16.4. The highest BCUT2D eigenvalue weighted by atomic mass is 16.6. The molecule has 4 rings (SSSR count). The second-order valence-electron chi connectivity index (χ2n) is 6.98. The fourth-order valence-electron chi connectivity index (χ4n) is 3.62. The summed E-state index contributed by atoms with van der Waals surface area (Å²) in [6, 6.07) is 5.59. The van der Waals surface area contributed by atoms with Crippen molar-refractivity contribution in [3.8, 4) is 11.5 Å². The lowest BCUT2D eigenvalue weighted by Crippen LogP contribution is -2.40. The highest BCUT2D eigenvalue weighted by Gasteiger charge is 2.29. The number of nitrogens with one attached hydrogen (secondary N) is 1. The van der Waals surface area contributed by atoms with Gasteiger partial charge in [0.05, 0.1) is 12.5 Å². The van der Waals surface area contributed by atoms with E-state index < -0.39 is 0 Å². The van der Waals surface area contributed by atoms with Crippen molar-refractivity contribution in [1.82, 2.24) is 9.97 Å². The van der Waals surface area contributed by atoms with Gasteiger partial charge in [0.1, 0.15) is 25.2 Å². The molecule has 1 unspecified atom stereocenters. The van der Waals surface area contributed by atoms with Crippen LogP contribution in [-0.2, 0) is 9.53 Å². The van der Waals surface area contributed by atoms with Crippen LogP contribution in [0.25, 0.3) is 0 Å². The Hall–Kier alpha value is -3.23. The van der Waals surface area contributed by atoms with E-state index in [0.717, 1.165) is 30.8 Å². The number of hydrogen-bond donors (Lipinski definition) is 2. The smallest absolute Gasteiger partial charge is 0.310 e. The molecule has 1 fully saturated rings. The normalized spacial score (nSPS) is 18.2. The van der Waals surface area contributed by atoms with E-state index in [0.29, 0.717) is 49.4 Å². The number of rotatable bonds is 5. The summed E-state index contributed by atoms with van der Waals surface area (Å²) in [5, 5.41) is 3.23. The lowest BCUT2D eigenvalue weighted by molar-refractivity contribution is -0.148. The maximum absolute atomic E-state index is 12.1. The van der Waals surface area contributed by atoms with E-state index in [2.05, 4.69) is 15.3 Å². The van der Waals surface area contributed by atoms with Crippen LogP contribution in [0.5, 0.6) is 11.5 Å². The Kier molecular flexibility index (Phi) is 5.55. The molecule has 3 N–H and O–H groups in total. The average Bonchev–Trinajstić information content (AvgIpc) is 2.75. The van der Waals surface area contributed by atoms with Gasteiger partial charge in [0, 0.05) is 24.8 Å². The summed E-state index contributed by atoms with van der Waals surface area (Å²) in [5.41, 5.74) is 7.60. The molecule has 0 saturated carbocycles. The van der Waals surface area contributed by atoms with Crippen molar-refractivity contribution in [2.45, 2.75) is 19.8 Å². The maximum Gasteiger partial charge on any atom is 0.310 e. The lowest BCUT2D eigenvalue weighted by Gasteiger charge is -2.33. The van der Waals surface area contributed by atoms with Crippen LogP contribution in [0.15, 0.2) is 24.5 Å². The van der Waals surface area contributed by atoms with Crippen molar-refractivity contribution in [3.05, 3.63) is 24.5 Å². The summed E-state index contributed by atoms with van der Waals surface area (Å²) in [5.74, 6) is 2.18. The monoisotopic (exact) mass is 399 g/mol. The van der Waals surface area contributed by atoms with Gasteiger partial charge in [-0.05, 0) is 31.9 Å². The number of ether oxygens (including phenoxy) is 3. The zero-order valence-electron chi connectivity index (χ0n) is 16.4. The van der Waals surface area contributed by atoms with Gasteiger partial charge in [-0.25, -0.2) is 9.97 Å². The molecule has 2 aliphatic heterocycles. The van der Waals surface area contributed by atoms with Crippen molar-refractivity contribution in [2.24, 2.45) is 5.92 Å². The molecule has 2 aromatic rings. The number of benzene rings is 1.